The predicted octanol–water partition coefficient (Wildman–Crippen LogP) is 2.07. The smallest absolute Gasteiger partial charge is 0.247 e. The van der Waals surface area contributed by atoms with E-state index >= 15 is 0 Å². The van der Waals surface area contributed by atoms with Crippen molar-refractivity contribution < 1.29 is 20.4 Å². The van der Waals surface area contributed by atoms with Crippen LogP contribution < -0.4 is 10.9 Å². The Labute approximate surface area is 174 Å². The lowest BCUT2D eigenvalue weighted by molar-refractivity contribution is 0.403. The van der Waals surface area contributed by atoms with Gasteiger partial charge in [-0.1, -0.05) is 12.1 Å². The third-order valence-corrected chi connectivity index (χ3v) is 4.12. The van der Waals surface area contributed by atoms with Crippen LogP contribution >= 0.6 is 0 Å². The summed E-state index contributed by atoms with van der Waals surface area (Å²) in [5.41, 5.74) is 6.76. The molecule has 4 rings (SSSR count). The summed E-state index contributed by atoms with van der Waals surface area (Å²) >= 11 is 0. The van der Waals surface area contributed by atoms with Crippen molar-refractivity contribution in [3.63, 3.8) is 0 Å². The number of nitrogens with one attached hydrogen (secondary N) is 3. The van der Waals surface area contributed by atoms with E-state index in [1.807, 2.05) is 0 Å². The number of para-hydroxylation sites is 2. The highest BCUT2D eigenvalue weighted by Gasteiger charge is 2.10. The van der Waals surface area contributed by atoms with Gasteiger partial charge in [-0.2, -0.15) is 20.2 Å². The summed E-state index contributed by atoms with van der Waals surface area (Å²) in [6.07, 6.45) is 4.05. The van der Waals surface area contributed by atoms with E-state index in [0.717, 1.165) is 0 Å². The Balaban J connectivity index is 1.55. The summed E-state index contributed by atoms with van der Waals surface area (Å²) in [4.78, 5) is 15.4. The van der Waals surface area contributed by atoms with Crippen molar-refractivity contribution in [3.05, 3.63) is 53.9 Å². The SMILES string of the molecule is Oc1cccc(C=NNc2nc(NN=Cc3cccc(O)c3O)c3[nH]cnc3n2)c1O. The van der Waals surface area contributed by atoms with Crippen molar-refractivity contribution in [2.75, 3.05) is 10.9 Å². The zero-order valence-electron chi connectivity index (χ0n) is 15.7. The molecular formula is C19H16N8O4. The first kappa shape index (κ1) is 19.4. The second kappa shape index (κ2) is 8.24. The van der Waals surface area contributed by atoms with Gasteiger partial charge >= 0.3 is 0 Å². The summed E-state index contributed by atoms with van der Waals surface area (Å²) < 4.78 is 0. The molecule has 156 valence electrons. The van der Waals surface area contributed by atoms with Crippen LogP contribution in [-0.2, 0) is 0 Å². The molecule has 4 aromatic rings. The van der Waals surface area contributed by atoms with Gasteiger partial charge in [-0.05, 0) is 24.3 Å². The average Bonchev–Trinajstić information content (AvgIpc) is 3.23. The van der Waals surface area contributed by atoms with Crippen LogP contribution in [0.2, 0.25) is 0 Å². The third kappa shape index (κ3) is 4.12. The fraction of sp³-hybridized carbons (Fsp3) is 0. The summed E-state index contributed by atoms with van der Waals surface area (Å²) in [6, 6.07) is 8.98. The Kier molecular flexibility index (Phi) is 5.17. The third-order valence-electron chi connectivity index (χ3n) is 4.12. The van der Waals surface area contributed by atoms with E-state index in [9.17, 15) is 20.4 Å². The standard InChI is InChI=1S/C19H16N8O4/c28-12-5-1-3-10(15(12)30)7-22-26-18-14-17(21-9-20-14)24-19(25-18)27-23-8-11-4-2-6-13(29)16(11)31/h1-9,28-31H,(H3,20,21,24,25,26,27). The lowest BCUT2D eigenvalue weighted by Gasteiger charge is -2.05. The van der Waals surface area contributed by atoms with E-state index in [4.69, 9.17) is 0 Å². The first-order valence-electron chi connectivity index (χ1n) is 8.84. The lowest BCUT2D eigenvalue weighted by Crippen LogP contribution is -2.02. The minimum absolute atomic E-state index is 0.0911. The molecule has 12 nitrogen and oxygen atoms in total. The number of anilines is 2. The van der Waals surface area contributed by atoms with Crippen molar-refractivity contribution in [1.29, 1.82) is 0 Å². The van der Waals surface area contributed by atoms with Crippen LogP contribution in [0.4, 0.5) is 11.8 Å². The van der Waals surface area contributed by atoms with Gasteiger partial charge in [0.05, 0.1) is 18.8 Å². The Bertz CT molecular complexity index is 1300. The number of phenols is 4. The molecule has 0 aliphatic carbocycles. The van der Waals surface area contributed by atoms with Crippen LogP contribution in [0.15, 0.2) is 52.9 Å². The Hall–Kier alpha value is -4.87. The molecule has 0 fully saturated rings. The molecule has 0 saturated heterocycles. The molecule has 7 N–H and O–H groups in total. The van der Waals surface area contributed by atoms with Crippen LogP contribution in [0.25, 0.3) is 11.2 Å². The number of aromatic nitrogens is 4. The molecule has 0 spiro atoms. The number of rotatable bonds is 6. The molecule has 0 unspecified atom stereocenters. The van der Waals surface area contributed by atoms with Crippen LogP contribution in [0.3, 0.4) is 0 Å². The number of H-pyrrole nitrogens is 1. The van der Waals surface area contributed by atoms with E-state index < -0.39 is 0 Å². The zero-order valence-corrected chi connectivity index (χ0v) is 15.7. The van der Waals surface area contributed by atoms with Crippen molar-refractivity contribution in [1.82, 2.24) is 19.9 Å². The molecule has 0 bridgehead atoms. The van der Waals surface area contributed by atoms with E-state index in [-0.39, 0.29) is 34.8 Å². The lowest BCUT2D eigenvalue weighted by atomic mass is 10.2. The normalized spacial score (nSPS) is 11.5. The van der Waals surface area contributed by atoms with Crippen LogP contribution in [0.5, 0.6) is 23.0 Å². The molecule has 0 amide bonds. The van der Waals surface area contributed by atoms with Crippen molar-refractivity contribution >= 4 is 35.4 Å². The van der Waals surface area contributed by atoms with Crippen LogP contribution in [0, 0.1) is 0 Å². The van der Waals surface area contributed by atoms with Gasteiger partial charge in [0.25, 0.3) is 0 Å². The number of aromatic hydroxyl groups is 4. The Morgan fingerprint density at radius 3 is 2.06 bits per heavy atom. The summed E-state index contributed by atoms with van der Waals surface area (Å²) in [5.74, 6) is -0.757. The molecule has 2 heterocycles. The zero-order chi connectivity index (χ0) is 21.8. The fourth-order valence-corrected chi connectivity index (χ4v) is 2.59. The molecular weight excluding hydrogens is 404 g/mol. The Morgan fingerprint density at radius 2 is 1.42 bits per heavy atom. The number of hydrogen-bond acceptors (Lipinski definition) is 11. The molecule has 0 atom stereocenters. The van der Waals surface area contributed by atoms with Gasteiger partial charge in [0.1, 0.15) is 5.52 Å². The van der Waals surface area contributed by atoms with Crippen molar-refractivity contribution in [3.8, 4) is 23.0 Å². The molecule has 31 heavy (non-hydrogen) atoms. The number of nitrogens with zero attached hydrogens (tertiary/aromatic N) is 5. The van der Waals surface area contributed by atoms with E-state index in [1.54, 1.807) is 24.3 Å². The largest absolute Gasteiger partial charge is 0.504 e. The second-order valence-corrected chi connectivity index (χ2v) is 6.17. The topological polar surface area (TPSA) is 184 Å². The maximum absolute atomic E-state index is 9.84. The Morgan fingerprint density at radius 1 is 0.806 bits per heavy atom. The van der Waals surface area contributed by atoms with E-state index in [1.165, 1.54) is 30.9 Å². The number of hydrazone groups is 2. The number of phenolic OH excluding ortho intramolecular Hbond substituents is 4. The first-order valence-corrected chi connectivity index (χ1v) is 8.84. The van der Waals surface area contributed by atoms with Crippen LogP contribution in [-0.4, -0.2) is 52.8 Å². The predicted molar refractivity (Wildman–Crippen MR) is 114 cm³/mol. The molecule has 12 heteroatoms. The van der Waals surface area contributed by atoms with Gasteiger partial charge in [-0.25, -0.2) is 10.4 Å². The first-order chi connectivity index (χ1) is 15.0. The summed E-state index contributed by atoms with van der Waals surface area (Å²) in [6.45, 7) is 0. The van der Waals surface area contributed by atoms with Crippen molar-refractivity contribution in [2.45, 2.75) is 0 Å². The molecule has 2 aromatic heterocycles. The number of hydrogen-bond donors (Lipinski definition) is 7. The van der Waals surface area contributed by atoms with Gasteiger partial charge in [0, 0.05) is 11.1 Å². The highest BCUT2D eigenvalue weighted by Crippen LogP contribution is 2.28. The number of aromatic amines is 1. The van der Waals surface area contributed by atoms with Gasteiger partial charge in [-0.15, -0.1) is 0 Å². The van der Waals surface area contributed by atoms with Gasteiger partial charge in [0.15, 0.2) is 34.5 Å². The number of benzene rings is 2. The maximum Gasteiger partial charge on any atom is 0.247 e. The number of fused-ring (bicyclic) bond motifs is 1. The maximum atomic E-state index is 9.84. The van der Waals surface area contributed by atoms with Gasteiger partial charge in [0.2, 0.25) is 5.95 Å². The highest BCUT2D eigenvalue weighted by molar-refractivity contribution is 5.88. The van der Waals surface area contributed by atoms with E-state index in [2.05, 4.69) is 41.0 Å². The quantitative estimate of drug-likeness (QED) is 0.139. The average molecular weight is 420 g/mol. The number of imidazole rings is 1. The second-order valence-electron chi connectivity index (χ2n) is 6.17. The summed E-state index contributed by atoms with van der Waals surface area (Å²) in [7, 11) is 0. The van der Waals surface area contributed by atoms with Gasteiger partial charge < -0.3 is 25.4 Å². The fourth-order valence-electron chi connectivity index (χ4n) is 2.59. The minimum Gasteiger partial charge on any atom is -0.504 e. The van der Waals surface area contributed by atoms with Crippen LogP contribution in [0.1, 0.15) is 11.1 Å². The molecule has 0 aliphatic rings. The van der Waals surface area contributed by atoms with E-state index in [0.29, 0.717) is 22.3 Å². The molecule has 0 aliphatic heterocycles. The summed E-state index contributed by atoms with van der Waals surface area (Å²) in [5, 5.41) is 46.7. The van der Waals surface area contributed by atoms with Gasteiger partial charge in [-0.3, -0.25) is 5.43 Å². The molecule has 0 saturated carbocycles. The van der Waals surface area contributed by atoms with Crippen molar-refractivity contribution in [2.24, 2.45) is 10.2 Å². The highest BCUT2D eigenvalue weighted by atomic mass is 16.3. The monoisotopic (exact) mass is 420 g/mol. The molecule has 2 aromatic carbocycles. The molecule has 0 radical (unpaired) electrons. The minimum atomic E-state index is -0.302.